The molecule has 3 nitrogen and oxygen atoms in total. The normalized spacial score (nSPS) is 11.4. The molecule has 0 aliphatic rings. The summed E-state index contributed by atoms with van der Waals surface area (Å²) in [5, 5.41) is 2.31. The Hall–Kier alpha value is -4.63. The maximum absolute atomic E-state index is 5.97. The summed E-state index contributed by atoms with van der Waals surface area (Å²) < 4.78 is 5.97. The van der Waals surface area contributed by atoms with Gasteiger partial charge >= 0.3 is 0 Å². The van der Waals surface area contributed by atoms with E-state index in [-0.39, 0.29) is 0 Å². The number of aromatic nitrogens is 1. The number of para-hydroxylation sites is 2. The summed E-state index contributed by atoms with van der Waals surface area (Å²) in [5.74, 6) is 0.601. The second kappa shape index (κ2) is 8.72. The maximum Gasteiger partial charge on any atom is 0.220 e. The first-order valence-electron chi connectivity index (χ1n) is 11.3. The molecule has 0 fully saturated rings. The highest BCUT2D eigenvalue weighted by molar-refractivity contribution is 5.94. The van der Waals surface area contributed by atoms with Gasteiger partial charge in [-0.05, 0) is 70.9 Å². The zero-order chi connectivity index (χ0) is 22.7. The Bertz CT molecular complexity index is 1490. The summed E-state index contributed by atoms with van der Waals surface area (Å²) in [5.41, 5.74) is 6.09. The molecule has 3 heteroatoms. The van der Waals surface area contributed by atoms with E-state index in [1.807, 2.05) is 42.5 Å². The van der Waals surface area contributed by atoms with Gasteiger partial charge in [0.2, 0.25) is 5.89 Å². The van der Waals surface area contributed by atoms with Gasteiger partial charge in [-0.1, -0.05) is 72.8 Å². The Labute approximate surface area is 198 Å². The van der Waals surface area contributed by atoms with Gasteiger partial charge in [0.15, 0.2) is 5.58 Å². The van der Waals surface area contributed by atoms with Crippen LogP contribution >= 0.6 is 0 Å². The van der Waals surface area contributed by atoms with Gasteiger partial charge in [0.05, 0.1) is 0 Å². The smallest absolute Gasteiger partial charge is 0.220 e. The van der Waals surface area contributed by atoms with E-state index in [9.17, 15) is 0 Å². The van der Waals surface area contributed by atoms with Crippen molar-refractivity contribution in [2.75, 3.05) is 4.90 Å². The quantitative estimate of drug-likeness (QED) is 0.270. The second-order valence-corrected chi connectivity index (χ2v) is 8.15. The van der Waals surface area contributed by atoms with Crippen LogP contribution < -0.4 is 4.90 Å². The van der Waals surface area contributed by atoms with Crippen molar-refractivity contribution in [1.29, 1.82) is 0 Å². The number of fused-ring (bicyclic) bond motifs is 2. The van der Waals surface area contributed by atoms with E-state index in [4.69, 9.17) is 4.42 Å². The van der Waals surface area contributed by atoms with Crippen molar-refractivity contribution in [3.8, 4) is 0 Å². The SMILES string of the molecule is C(=Cc1nc2cc3ccccc3cc2o1)c1ccc(N(c2ccccc2)c2ccccc2)cc1. The van der Waals surface area contributed by atoms with Crippen molar-refractivity contribution in [1.82, 2.24) is 4.98 Å². The molecule has 0 amide bonds. The van der Waals surface area contributed by atoms with Crippen LogP contribution in [0.1, 0.15) is 11.5 Å². The first kappa shape index (κ1) is 20.0. The van der Waals surface area contributed by atoms with E-state index < -0.39 is 0 Å². The standard InChI is InChI=1S/C31H22N2O/c1-3-11-26(12-4-1)33(27-13-5-2-6-14-27)28-18-15-23(16-19-28)17-20-31-32-29-21-24-9-7-8-10-25(24)22-30(29)34-31/h1-22H. The molecule has 1 aromatic heterocycles. The third kappa shape index (κ3) is 3.96. The molecule has 0 unspecified atom stereocenters. The predicted molar refractivity (Wildman–Crippen MR) is 142 cm³/mol. The third-order valence-corrected chi connectivity index (χ3v) is 5.87. The highest BCUT2D eigenvalue weighted by Gasteiger charge is 2.11. The van der Waals surface area contributed by atoms with Gasteiger partial charge in [-0.2, -0.15) is 0 Å². The van der Waals surface area contributed by atoms with Gasteiger partial charge < -0.3 is 9.32 Å². The van der Waals surface area contributed by atoms with Crippen molar-refractivity contribution in [3.63, 3.8) is 0 Å². The number of nitrogens with zero attached hydrogens (tertiary/aromatic N) is 2. The highest BCUT2D eigenvalue weighted by atomic mass is 16.3. The number of hydrogen-bond acceptors (Lipinski definition) is 3. The van der Waals surface area contributed by atoms with Gasteiger partial charge in [-0.3, -0.25) is 0 Å². The number of anilines is 3. The first-order valence-corrected chi connectivity index (χ1v) is 11.3. The molecular weight excluding hydrogens is 416 g/mol. The lowest BCUT2D eigenvalue weighted by atomic mass is 10.1. The lowest BCUT2D eigenvalue weighted by Crippen LogP contribution is -2.09. The minimum Gasteiger partial charge on any atom is -0.437 e. The summed E-state index contributed by atoms with van der Waals surface area (Å²) in [6.07, 6.45) is 3.95. The van der Waals surface area contributed by atoms with Crippen molar-refractivity contribution in [2.45, 2.75) is 0 Å². The van der Waals surface area contributed by atoms with Crippen LogP contribution in [-0.2, 0) is 0 Å². The Morgan fingerprint density at radius 1 is 0.559 bits per heavy atom. The van der Waals surface area contributed by atoms with Crippen molar-refractivity contribution >= 4 is 51.1 Å². The van der Waals surface area contributed by atoms with Gasteiger partial charge in [-0.25, -0.2) is 4.98 Å². The van der Waals surface area contributed by atoms with E-state index in [2.05, 4.69) is 101 Å². The monoisotopic (exact) mass is 438 g/mol. The first-order chi connectivity index (χ1) is 16.8. The molecule has 0 radical (unpaired) electrons. The van der Waals surface area contributed by atoms with Crippen molar-refractivity contribution < 1.29 is 4.42 Å². The zero-order valence-corrected chi connectivity index (χ0v) is 18.5. The van der Waals surface area contributed by atoms with Crippen LogP contribution in [0.3, 0.4) is 0 Å². The molecule has 0 saturated carbocycles. The van der Waals surface area contributed by atoms with E-state index in [0.717, 1.165) is 44.5 Å². The Kier molecular flexibility index (Phi) is 5.13. The lowest BCUT2D eigenvalue weighted by Gasteiger charge is -2.25. The summed E-state index contributed by atoms with van der Waals surface area (Å²) in [7, 11) is 0. The molecule has 5 aromatic carbocycles. The number of rotatable bonds is 5. The summed E-state index contributed by atoms with van der Waals surface area (Å²) >= 11 is 0. The largest absolute Gasteiger partial charge is 0.437 e. The summed E-state index contributed by atoms with van der Waals surface area (Å²) in [4.78, 5) is 6.89. The minimum atomic E-state index is 0.601. The molecule has 34 heavy (non-hydrogen) atoms. The van der Waals surface area contributed by atoms with Crippen LogP contribution in [0.5, 0.6) is 0 Å². The number of benzene rings is 5. The Morgan fingerprint density at radius 3 is 1.76 bits per heavy atom. The number of hydrogen-bond donors (Lipinski definition) is 0. The summed E-state index contributed by atoms with van der Waals surface area (Å²) in [6, 6.07) is 41.7. The molecule has 6 rings (SSSR count). The molecular formula is C31H22N2O. The second-order valence-electron chi connectivity index (χ2n) is 8.15. The average Bonchev–Trinajstić information content (AvgIpc) is 3.30. The molecule has 0 N–H and O–H groups in total. The lowest BCUT2D eigenvalue weighted by molar-refractivity contribution is 0.590. The molecule has 0 spiro atoms. The molecule has 0 atom stereocenters. The highest BCUT2D eigenvalue weighted by Crippen LogP contribution is 2.34. The molecule has 1 heterocycles. The Balaban J connectivity index is 1.29. The van der Waals surface area contributed by atoms with Crippen LogP contribution in [-0.4, -0.2) is 4.98 Å². The van der Waals surface area contributed by atoms with Crippen LogP contribution in [0.4, 0.5) is 17.1 Å². The van der Waals surface area contributed by atoms with Gasteiger partial charge in [0.25, 0.3) is 0 Å². The van der Waals surface area contributed by atoms with Crippen LogP contribution in [0.25, 0.3) is 34.0 Å². The topological polar surface area (TPSA) is 29.3 Å². The van der Waals surface area contributed by atoms with Crippen LogP contribution in [0.2, 0.25) is 0 Å². The van der Waals surface area contributed by atoms with E-state index in [1.54, 1.807) is 0 Å². The minimum absolute atomic E-state index is 0.601. The van der Waals surface area contributed by atoms with Gasteiger partial charge in [0, 0.05) is 23.1 Å². The average molecular weight is 439 g/mol. The molecule has 0 bridgehead atoms. The molecule has 0 aliphatic heterocycles. The maximum atomic E-state index is 5.97. The van der Waals surface area contributed by atoms with Gasteiger partial charge in [0.1, 0.15) is 5.52 Å². The van der Waals surface area contributed by atoms with E-state index in [1.165, 1.54) is 0 Å². The third-order valence-electron chi connectivity index (χ3n) is 5.87. The van der Waals surface area contributed by atoms with Crippen LogP contribution in [0, 0.1) is 0 Å². The molecule has 162 valence electrons. The predicted octanol–water partition coefficient (Wildman–Crippen LogP) is 8.62. The van der Waals surface area contributed by atoms with Crippen molar-refractivity contribution in [3.05, 3.63) is 133 Å². The zero-order valence-electron chi connectivity index (χ0n) is 18.5. The van der Waals surface area contributed by atoms with E-state index in [0.29, 0.717) is 5.89 Å². The Morgan fingerprint density at radius 2 is 1.12 bits per heavy atom. The van der Waals surface area contributed by atoms with Gasteiger partial charge in [-0.15, -0.1) is 0 Å². The number of oxazole rings is 1. The summed E-state index contributed by atoms with van der Waals surface area (Å²) in [6.45, 7) is 0. The fourth-order valence-electron chi connectivity index (χ4n) is 4.21. The molecule has 0 saturated heterocycles. The molecule has 0 aliphatic carbocycles. The fraction of sp³-hybridized carbons (Fsp3) is 0. The van der Waals surface area contributed by atoms with Crippen LogP contribution in [0.15, 0.2) is 126 Å². The van der Waals surface area contributed by atoms with E-state index >= 15 is 0 Å². The van der Waals surface area contributed by atoms with Crippen molar-refractivity contribution in [2.24, 2.45) is 0 Å². The fourth-order valence-corrected chi connectivity index (χ4v) is 4.21. The molecule has 6 aromatic rings.